The van der Waals surface area contributed by atoms with Crippen LogP contribution in [0.25, 0.3) is 0 Å². The number of hydrogen-bond donors (Lipinski definition) is 3. The predicted octanol–water partition coefficient (Wildman–Crippen LogP) is 2.52. The van der Waals surface area contributed by atoms with E-state index in [0.29, 0.717) is 13.0 Å². The molecule has 0 aliphatic carbocycles. The van der Waals surface area contributed by atoms with Gasteiger partial charge in [-0.2, -0.15) is 0 Å². The minimum atomic E-state index is -0.426. The molecule has 3 N–H and O–H groups in total. The van der Waals surface area contributed by atoms with Gasteiger partial charge in [-0.05, 0) is 48.9 Å². The van der Waals surface area contributed by atoms with E-state index < -0.39 is 6.10 Å². The highest BCUT2D eigenvalue weighted by atomic mass is 16.3. The van der Waals surface area contributed by atoms with E-state index in [1.165, 1.54) is 11.1 Å². The molecular weight excluding hydrogens is 300 g/mol. The number of anilines is 1. The van der Waals surface area contributed by atoms with Gasteiger partial charge in [0.25, 0.3) is 0 Å². The van der Waals surface area contributed by atoms with Gasteiger partial charge in [0.2, 0.25) is 5.91 Å². The van der Waals surface area contributed by atoms with Gasteiger partial charge < -0.3 is 15.7 Å². The van der Waals surface area contributed by atoms with Crippen LogP contribution in [0.4, 0.5) is 5.69 Å². The molecule has 0 radical (unpaired) electrons. The number of aryl methyl sites for hydroxylation is 2. The molecule has 2 unspecified atom stereocenters. The van der Waals surface area contributed by atoms with E-state index in [2.05, 4.69) is 41.0 Å². The lowest BCUT2D eigenvalue weighted by atomic mass is 10.0. The standard InChI is InChI=1S/C20H24N2O2/c23-18-13-19(21-14-18)20(24)22-17-11-5-10-16(12-17)9-4-8-15-6-2-1-3-7-15/h1-3,5-7,10-12,18-19,21,23H,4,8-9,13-14H2,(H,22,24). The SMILES string of the molecule is O=C(Nc1cccc(CCCc2ccccc2)c1)C1CC(O)CN1. The van der Waals surface area contributed by atoms with Crippen molar-refractivity contribution in [2.24, 2.45) is 0 Å². The van der Waals surface area contributed by atoms with Gasteiger partial charge in [-0.25, -0.2) is 0 Å². The van der Waals surface area contributed by atoms with Crippen LogP contribution in [0.5, 0.6) is 0 Å². The Labute approximate surface area is 142 Å². The third kappa shape index (κ3) is 4.66. The van der Waals surface area contributed by atoms with Gasteiger partial charge >= 0.3 is 0 Å². The summed E-state index contributed by atoms with van der Waals surface area (Å²) in [6.45, 7) is 0.484. The third-order valence-electron chi connectivity index (χ3n) is 4.39. The molecule has 0 aromatic heterocycles. The van der Waals surface area contributed by atoms with Gasteiger partial charge in [-0.1, -0.05) is 42.5 Å². The van der Waals surface area contributed by atoms with Crippen LogP contribution in [-0.4, -0.2) is 29.7 Å². The number of benzene rings is 2. The molecule has 4 nitrogen and oxygen atoms in total. The summed E-state index contributed by atoms with van der Waals surface area (Å²) in [6, 6.07) is 18.2. The number of aliphatic hydroxyl groups is 1. The molecule has 2 aromatic rings. The van der Waals surface area contributed by atoms with Crippen LogP contribution >= 0.6 is 0 Å². The summed E-state index contributed by atoms with van der Waals surface area (Å²) in [5.74, 6) is -0.0759. The third-order valence-corrected chi connectivity index (χ3v) is 4.39. The monoisotopic (exact) mass is 324 g/mol. The van der Waals surface area contributed by atoms with Crippen LogP contribution in [0.1, 0.15) is 24.0 Å². The zero-order valence-electron chi connectivity index (χ0n) is 13.7. The molecule has 1 aliphatic rings. The maximum atomic E-state index is 12.2. The minimum Gasteiger partial charge on any atom is -0.392 e. The van der Waals surface area contributed by atoms with Crippen molar-refractivity contribution < 1.29 is 9.90 Å². The second-order valence-electron chi connectivity index (χ2n) is 6.38. The first-order valence-electron chi connectivity index (χ1n) is 8.56. The number of aliphatic hydroxyl groups excluding tert-OH is 1. The molecule has 24 heavy (non-hydrogen) atoms. The Morgan fingerprint density at radius 1 is 1.08 bits per heavy atom. The fourth-order valence-electron chi connectivity index (χ4n) is 3.09. The molecule has 3 rings (SSSR count). The van der Waals surface area contributed by atoms with Crippen molar-refractivity contribution in [2.75, 3.05) is 11.9 Å². The van der Waals surface area contributed by atoms with Crippen molar-refractivity contribution in [1.82, 2.24) is 5.32 Å². The highest BCUT2D eigenvalue weighted by Gasteiger charge is 2.27. The molecule has 1 heterocycles. The number of carbonyl (C=O) groups is 1. The van der Waals surface area contributed by atoms with Crippen molar-refractivity contribution in [1.29, 1.82) is 0 Å². The number of carbonyl (C=O) groups excluding carboxylic acids is 1. The van der Waals surface area contributed by atoms with E-state index in [0.717, 1.165) is 24.9 Å². The maximum Gasteiger partial charge on any atom is 0.241 e. The van der Waals surface area contributed by atoms with E-state index >= 15 is 0 Å². The first-order valence-corrected chi connectivity index (χ1v) is 8.56. The average Bonchev–Trinajstić information content (AvgIpc) is 3.03. The largest absolute Gasteiger partial charge is 0.392 e. The van der Waals surface area contributed by atoms with Crippen molar-refractivity contribution in [3.05, 3.63) is 65.7 Å². The number of hydrogen-bond acceptors (Lipinski definition) is 3. The molecule has 2 atom stereocenters. The fraction of sp³-hybridized carbons (Fsp3) is 0.350. The van der Waals surface area contributed by atoms with Crippen LogP contribution in [0, 0.1) is 0 Å². The van der Waals surface area contributed by atoms with E-state index in [-0.39, 0.29) is 11.9 Å². The molecule has 0 bridgehead atoms. The molecule has 1 aliphatic heterocycles. The van der Waals surface area contributed by atoms with Gasteiger partial charge in [-0.3, -0.25) is 4.79 Å². The molecule has 0 saturated carbocycles. The zero-order valence-corrected chi connectivity index (χ0v) is 13.7. The minimum absolute atomic E-state index is 0.0759. The smallest absolute Gasteiger partial charge is 0.241 e. The second-order valence-corrected chi connectivity index (χ2v) is 6.38. The number of β-amino-alcohol motifs (C(OH)–C–C–N with tert-alkyl or cyclic N) is 1. The summed E-state index contributed by atoms with van der Waals surface area (Å²) < 4.78 is 0. The molecule has 0 spiro atoms. The molecule has 126 valence electrons. The van der Waals surface area contributed by atoms with Crippen molar-refractivity contribution >= 4 is 11.6 Å². The topological polar surface area (TPSA) is 61.4 Å². The van der Waals surface area contributed by atoms with E-state index in [9.17, 15) is 9.90 Å². The highest BCUT2D eigenvalue weighted by Crippen LogP contribution is 2.15. The Kier molecular flexibility index (Phi) is 5.62. The van der Waals surface area contributed by atoms with Gasteiger partial charge in [0.05, 0.1) is 12.1 Å². The van der Waals surface area contributed by atoms with Crippen LogP contribution in [0.3, 0.4) is 0 Å². The number of nitrogens with one attached hydrogen (secondary N) is 2. The van der Waals surface area contributed by atoms with Gasteiger partial charge in [0.15, 0.2) is 0 Å². The second kappa shape index (κ2) is 8.08. The Bertz CT molecular complexity index is 672. The molecule has 1 fully saturated rings. The Hall–Kier alpha value is -2.17. The van der Waals surface area contributed by atoms with Gasteiger partial charge in [0, 0.05) is 12.2 Å². The zero-order chi connectivity index (χ0) is 16.8. The fourth-order valence-corrected chi connectivity index (χ4v) is 3.09. The van der Waals surface area contributed by atoms with Gasteiger partial charge in [-0.15, -0.1) is 0 Å². The summed E-state index contributed by atoms with van der Waals surface area (Å²) in [7, 11) is 0. The maximum absolute atomic E-state index is 12.2. The Balaban J connectivity index is 1.51. The predicted molar refractivity (Wildman–Crippen MR) is 96.0 cm³/mol. The molecule has 1 amide bonds. The first-order chi connectivity index (χ1) is 11.7. The lowest BCUT2D eigenvalue weighted by Gasteiger charge is -2.12. The first kappa shape index (κ1) is 16.7. The molecule has 2 aromatic carbocycles. The summed E-state index contributed by atoms with van der Waals surface area (Å²) in [4.78, 5) is 12.2. The molecular formula is C20H24N2O2. The number of rotatable bonds is 6. The van der Waals surface area contributed by atoms with Crippen molar-refractivity contribution in [3.63, 3.8) is 0 Å². The van der Waals surface area contributed by atoms with E-state index in [1.54, 1.807) is 0 Å². The van der Waals surface area contributed by atoms with Crippen molar-refractivity contribution in [2.45, 2.75) is 37.8 Å². The van der Waals surface area contributed by atoms with Gasteiger partial charge in [0.1, 0.15) is 0 Å². The van der Waals surface area contributed by atoms with Crippen molar-refractivity contribution in [3.8, 4) is 0 Å². The summed E-state index contributed by atoms with van der Waals surface area (Å²) in [5, 5.41) is 15.5. The van der Waals surface area contributed by atoms with E-state index in [4.69, 9.17) is 0 Å². The summed E-state index contributed by atoms with van der Waals surface area (Å²) >= 11 is 0. The quantitative estimate of drug-likeness (QED) is 0.765. The number of amides is 1. The van der Waals surface area contributed by atoms with Crippen LogP contribution in [0.2, 0.25) is 0 Å². The lowest BCUT2D eigenvalue weighted by Crippen LogP contribution is -2.35. The molecule has 4 heteroatoms. The molecule has 1 saturated heterocycles. The lowest BCUT2D eigenvalue weighted by molar-refractivity contribution is -0.117. The summed E-state index contributed by atoms with van der Waals surface area (Å²) in [6.07, 6.45) is 3.17. The van der Waals surface area contributed by atoms with Crippen LogP contribution in [-0.2, 0) is 17.6 Å². The Morgan fingerprint density at radius 2 is 1.83 bits per heavy atom. The Morgan fingerprint density at radius 3 is 2.58 bits per heavy atom. The summed E-state index contributed by atoms with van der Waals surface area (Å²) in [5.41, 5.74) is 3.40. The van der Waals surface area contributed by atoms with Crippen LogP contribution in [0.15, 0.2) is 54.6 Å². The van der Waals surface area contributed by atoms with E-state index in [1.807, 2.05) is 24.3 Å². The average molecular weight is 324 g/mol. The normalized spacial score (nSPS) is 20.0. The highest BCUT2D eigenvalue weighted by molar-refractivity contribution is 5.95. The van der Waals surface area contributed by atoms with Crippen LogP contribution < -0.4 is 10.6 Å².